The summed E-state index contributed by atoms with van der Waals surface area (Å²) in [6.07, 6.45) is 4.58. The third-order valence-corrected chi connectivity index (χ3v) is 10.4. The highest BCUT2D eigenvalue weighted by atomic mass is 19.3. The Kier molecular flexibility index (Phi) is 5.91. The number of nitrogens with one attached hydrogen (secondary N) is 2. The number of aliphatic hydroxyl groups is 1. The first-order chi connectivity index (χ1) is 17.6. The van der Waals surface area contributed by atoms with E-state index in [4.69, 9.17) is 0 Å². The summed E-state index contributed by atoms with van der Waals surface area (Å²) in [5, 5.41) is 21.6. The van der Waals surface area contributed by atoms with Crippen LogP contribution in [0.1, 0.15) is 56.4 Å². The van der Waals surface area contributed by atoms with E-state index in [9.17, 15) is 13.9 Å². The van der Waals surface area contributed by atoms with Gasteiger partial charge in [-0.15, -0.1) is 8.78 Å². The average Bonchev–Trinajstić information content (AvgIpc) is 3.51. The maximum atomic E-state index is 13.5. The summed E-state index contributed by atoms with van der Waals surface area (Å²) in [6.45, 7) is 10.8. The molecule has 6 nitrogen and oxygen atoms in total. The number of rotatable bonds is 6. The minimum atomic E-state index is -3.60. The molecule has 0 spiro atoms. The Bertz CT molecular complexity index is 1200. The lowest BCUT2D eigenvalue weighted by Gasteiger charge is -2.56. The van der Waals surface area contributed by atoms with E-state index in [0.29, 0.717) is 24.3 Å². The molecule has 3 N–H and O–H groups in total. The fraction of sp³-hybridized carbons (Fsp3) is 0.621. The van der Waals surface area contributed by atoms with Gasteiger partial charge in [0.1, 0.15) is 0 Å². The second kappa shape index (κ2) is 8.80. The van der Waals surface area contributed by atoms with Crippen LogP contribution in [0.25, 0.3) is 0 Å². The van der Waals surface area contributed by atoms with Crippen molar-refractivity contribution in [1.29, 1.82) is 0 Å². The molecule has 0 amide bonds. The van der Waals surface area contributed by atoms with E-state index >= 15 is 0 Å². The first-order valence-corrected chi connectivity index (χ1v) is 13.5. The van der Waals surface area contributed by atoms with Gasteiger partial charge in [0, 0.05) is 18.8 Å². The van der Waals surface area contributed by atoms with Crippen LogP contribution < -0.4 is 14.8 Å². The molecule has 200 valence electrons. The predicted octanol–water partition coefficient (Wildman–Crippen LogP) is 5.23. The largest absolute Gasteiger partial charge is 0.586 e. The number of ether oxygens (including phenoxy) is 2. The Labute approximate surface area is 216 Å². The monoisotopic (exact) mass is 513 g/mol. The fourth-order valence-electron chi connectivity index (χ4n) is 8.19. The van der Waals surface area contributed by atoms with Crippen molar-refractivity contribution in [3.05, 3.63) is 53.4 Å². The molecule has 0 bridgehead atoms. The summed E-state index contributed by atoms with van der Waals surface area (Å²) in [6, 6.07) is 4.99. The summed E-state index contributed by atoms with van der Waals surface area (Å²) in [7, 11) is 0. The number of aromatic nitrogens is 2. The predicted molar refractivity (Wildman–Crippen MR) is 135 cm³/mol. The average molecular weight is 514 g/mol. The number of aliphatic hydroxyl groups excluding tert-OH is 1. The molecule has 8 heteroatoms. The lowest BCUT2D eigenvalue weighted by atomic mass is 9.49. The Morgan fingerprint density at radius 3 is 2.81 bits per heavy atom. The van der Waals surface area contributed by atoms with Gasteiger partial charge in [0.25, 0.3) is 0 Å². The highest BCUT2D eigenvalue weighted by Gasteiger charge is 2.56. The zero-order valence-corrected chi connectivity index (χ0v) is 21.7. The lowest BCUT2D eigenvalue weighted by molar-refractivity contribution is -0.286. The number of hydrogen-bond donors (Lipinski definition) is 3. The normalized spacial score (nSPS) is 35.9. The van der Waals surface area contributed by atoms with Crippen molar-refractivity contribution in [3.8, 4) is 11.5 Å². The molecule has 1 aliphatic heterocycles. The number of H-pyrrole nitrogens is 1. The van der Waals surface area contributed by atoms with E-state index in [0.717, 1.165) is 56.3 Å². The van der Waals surface area contributed by atoms with Gasteiger partial charge in [-0.25, -0.2) is 0 Å². The van der Waals surface area contributed by atoms with E-state index in [1.807, 2.05) is 6.20 Å². The first kappa shape index (κ1) is 24.9. The number of allylic oxidation sites excluding steroid dienone is 1. The Hall–Kier alpha value is -2.45. The maximum Gasteiger partial charge on any atom is 0.586 e. The molecule has 6 atom stereocenters. The van der Waals surface area contributed by atoms with Gasteiger partial charge in [0.2, 0.25) is 0 Å². The van der Waals surface area contributed by atoms with E-state index < -0.39 is 6.29 Å². The molecule has 1 aromatic carbocycles. The molecule has 6 rings (SSSR count). The first-order valence-electron chi connectivity index (χ1n) is 13.5. The van der Waals surface area contributed by atoms with E-state index in [1.165, 1.54) is 11.1 Å². The van der Waals surface area contributed by atoms with Gasteiger partial charge < -0.3 is 19.9 Å². The van der Waals surface area contributed by atoms with Crippen LogP contribution in [0.3, 0.4) is 0 Å². The van der Waals surface area contributed by atoms with Crippen LogP contribution in [0.5, 0.6) is 11.5 Å². The van der Waals surface area contributed by atoms with Gasteiger partial charge in [0.05, 0.1) is 6.20 Å². The molecule has 2 fully saturated rings. The number of aromatic amines is 1. The fourth-order valence-corrected chi connectivity index (χ4v) is 8.19. The van der Waals surface area contributed by atoms with Crippen molar-refractivity contribution < 1.29 is 23.4 Å². The Morgan fingerprint density at radius 1 is 1.19 bits per heavy atom. The van der Waals surface area contributed by atoms with Crippen LogP contribution in [-0.2, 0) is 19.4 Å². The SMILES string of the molecule is C=C1CCC2C(CNCc3ccc4c(c3)OC(F)(F)O4)C([C@]3(C)Cc4cn[nH]c4C[C@@H]3CO)CCC12C. The molecule has 37 heavy (non-hydrogen) atoms. The smallest absolute Gasteiger partial charge is 0.396 e. The van der Waals surface area contributed by atoms with Gasteiger partial charge >= 0.3 is 6.29 Å². The van der Waals surface area contributed by atoms with Crippen LogP contribution >= 0.6 is 0 Å². The summed E-state index contributed by atoms with van der Waals surface area (Å²) in [4.78, 5) is 0. The number of alkyl halides is 2. The second-order valence-corrected chi connectivity index (χ2v) is 12.2. The van der Waals surface area contributed by atoms with Crippen LogP contribution in [-0.4, -0.2) is 34.8 Å². The Balaban J connectivity index is 1.24. The highest BCUT2D eigenvalue weighted by Crippen LogP contribution is 2.62. The topological polar surface area (TPSA) is 79.4 Å². The summed E-state index contributed by atoms with van der Waals surface area (Å²) in [5.74, 6) is 1.72. The summed E-state index contributed by atoms with van der Waals surface area (Å²) >= 11 is 0. The van der Waals surface area contributed by atoms with Gasteiger partial charge in [-0.1, -0.05) is 32.1 Å². The molecule has 4 unspecified atom stereocenters. The molecule has 2 heterocycles. The van der Waals surface area contributed by atoms with Crippen molar-refractivity contribution in [2.75, 3.05) is 13.2 Å². The highest BCUT2D eigenvalue weighted by molar-refractivity contribution is 5.45. The standard InChI is InChI=1S/C29H37F2N3O3/c1-17-4-6-22-21(15-32-13-18-5-7-25-26(10-18)37-29(30,31)36-25)23(8-9-27(17,22)2)28(3)12-19-14-33-34-24(19)11-20(28)16-35/h5,7,10,14,20-23,32,35H,1,4,6,8-9,11-13,15-16H2,2-3H3,(H,33,34)/t20-,21?,22?,23?,27?,28-/m1/s1. The third-order valence-electron chi connectivity index (χ3n) is 10.4. The van der Waals surface area contributed by atoms with Crippen molar-refractivity contribution >= 4 is 0 Å². The van der Waals surface area contributed by atoms with Gasteiger partial charge in [-0.3, -0.25) is 5.10 Å². The second-order valence-electron chi connectivity index (χ2n) is 12.2. The minimum absolute atomic E-state index is 0.0342. The molecule has 1 aromatic heterocycles. The van der Waals surface area contributed by atoms with E-state index in [1.54, 1.807) is 18.2 Å². The van der Waals surface area contributed by atoms with Crippen molar-refractivity contribution in [2.24, 2.45) is 34.5 Å². The van der Waals surface area contributed by atoms with Crippen molar-refractivity contribution in [2.45, 2.75) is 65.2 Å². The molecule has 4 aliphatic rings. The quantitative estimate of drug-likeness (QED) is 0.461. The number of fused-ring (bicyclic) bond motifs is 3. The number of halogens is 2. The van der Waals surface area contributed by atoms with Gasteiger partial charge in [0.15, 0.2) is 11.5 Å². The Morgan fingerprint density at radius 2 is 2.00 bits per heavy atom. The summed E-state index contributed by atoms with van der Waals surface area (Å²) < 4.78 is 36.1. The van der Waals surface area contributed by atoms with Crippen LogP contribution in [0.4, 0.5) is 8.78 Å². The van der Waals surface area contributed by atoms with E-state index in [2.05, 4.69) is 45.4 Å². The lowest BCUT2D eigenvalue weighted by Crippen LogP contribution is -2.53. The zero-order valence-electron chi connectivity index (χ0n) is 21.7. The van der Waals surface area contributed by atoms with Gasteiger partial charge in [-0.2, -0.15) is 5.10 Å². The van der Waals surface area contributed by atoms with Crippen LogP contribution in [0, 0.1) is 34.5 Å². The number of hydrogen-bond acceptors (Lipinski definition) is 5. The van der Waals surface area contributed by atoms with E-state index in [-0.39, 0.29) is 34.9 Å². The zero-order chi connectivity index (χ0) is 26.0. The molecular formula is C29H37F2N3O3. The third kappa shape index (κ3) is 4.07. The molecule has 2 saturated carbocycles. The number of benzene rings is 1. The molecule has 2 aromatic rings. The van der Waals surface area contributed by atoms with Crippen LogP contribution in [0.2, 0.25) is 0 Å². The summed E-state index contributed by atoms with van der Waals surface area (Å²) in [5.41, 5.74) is 4.81. The number of nitrogens with zero attached hydrogens (tertiary/aromatic N) is 1. The minimum Gasteiger partial charge on any atom is -0.396 e. The van der Waals surface area contributed by atoms with Crippen molar-refractivity contribution in [3.63, 3.8) is 0 Å². The van der Waals surface area contributed by atoms with Crippen molar-refractivity contribution in [1.82, 2.24) is 15.5 Å². The molecule has 0 saturated heterocycles. The molecule has 3 aliphatic carbocycles. The molecular weight excluding hydrogens is 476 g/mol. The van der Waals surface area contributed by atoms with Gasteiger partial charge in [-0.05, 0) is 103 Å². The maximum absolute atomic E-state index is 13.5. The van der Waals surface area contributed by atoms with Crippen LogP contribution in [0.15, 0.2) is 36.5 Å². The molecule has 0 radical (unpaired) electrons.